The Morgan fingerprint density at radius 2 is 1.57 bits per heavy atom. The second-order valence-electron chi connectivity index (χ2n) is 4.61. The summed E-state index contributed by atoms with van der Waals surface area (Å²) in [4.78, 5) is 12.3. The highest BCUT2D eigenvalue weighted by Gasteiger charge is 2.34. The SMILES string of the molecule is O=C(N[C@H](Nc1ccc(Br)cc1)C(Cl)(Cl)Cl)c1ccc(Cl)cc1. The van der Waals surface area contributed by atoms with Gasteiger partial charge in [-0.3, -0.25) is 4.79 Å². The summed E-state index contributed by atoms with van der Waals surface area (Å²) in [6.45, 7) is 0. The standard InChI is InChI=1S/C15H11BrCl4N2O/c16-10-3-7-12(8-4-10)21-14(15(18,19)20)22-13(23)9-1-5-11(17)6-2-9/h1-8,14,21H,(H,22,23)/t14-/m0/s1. The van der Waals surface area contributed by atoms with Crippen molar-refractivity contribution in [1.82, 2.24) is 5.32 Å². The lowest BCUT2D eigenvalue weighted by molar-refractivity contribution is 0.0942. The van der Waals surface area contributed by atoms with Gasteiger partial charge in [-0.1, -0.05) is 62.3 Å². The lowest BCUT2D eigenvalue weighted by Crippen LogP contribution is -2.49. The Morgan fingerprint density at radius 3 is 2.09 bits per heavy atom. The molecule has 0 heterocycles. The highest BCUT2D eigenvalue weighted by Crippen LogP contribution is 2.31. The van der Waals surface area contributed by atoms with E-state index in [1.54, 1.807) is 36.4 Å². The van der Waals surface area contributed by atoms with E-state index in [0.717, 1.165) is 4.47 Å². The van der Waals surface area contributed by atoms with Crippen LogP contribution in [0.4, 0.5) is 5.69 Å². The number of hydrogen-bond acceptors (Lipinski definition) is 2. The van der Waals surface area contributed by atoms with Crippen molar-refractivity contribution >= 4 is 73.9 Å². The predicted octanol–water partition coefficient (Wildman–Crippen LogP) is 5.64. The summed E-state index contributed by atoms with van der Waals surface area (Å²) in [6.07, 6.45) is -0.920. The molecule has 8 heteroatoms. The first-order chi connectivity index (χ1) is 10.8. The Bertz CT molecular complexity index is 671. The van der Waals surface area contributed by atoms with Crippen LogP contribution in [0.3, 0.4) is 0 Å². The molecule has 0 aliphatic carbocycles. The van der Waals surface area contributed by atoms with Gasteiger partial charge in [-0.05, 0) is 48.5 Å². The fourth-order valence-electron chi connectivity index (χ4n) is 1.73. The number of carbonyl (C=O) groups is 1. The number of anilines is 1. The van der Waals surface area contributed by atoms with Crippen LogP contribution in [0.5, 0.6) is 0 Å². The molecule has 0 unspecified atom stereocenters. The van der Waals surface area contributed by atoms with Gasteiger partial charge in [0.2, 0.25) is 3.79 Å². The van der Waals surface area contributed by atoms with E-state index >= 15 is 0 Å². The second kappa shape index (κ2) is 7.95. The molecule has 0 radical (unpaired) electrons. The van der Waals surface area contributed by atoms with Crippen molar-refractivity contribution in [3.05, 3.63) is 63.6 Å². The predicted molar refractivity (Wildman–Crippen MR) is 101 cm³/mol. The molecule has 0 bridgehead atoms. The van der Waals surface area contributed by atoms with Gasteiger partial charge < -0.3 is 10.6 Å². The normalized spacial score (nSPS) is 12.6. The number of halogens is 5. The van der Waals surface area contributed by atoms with Crippen LogP contribution in [0, 0.1) is 0 Å². The summed E-state index contributed by atoms with van der Waals surface area (Å²) in [6, 6.07) is 13.7. The molecule has 0 saturated heterocycles. The molecule has 23 heavy (non-hydrogen) atoms. The van der Waals surface area contributed by atoms with Crippen molar-refractivity contribution in [2.24, 2.45) is 0 Å². The van der Waals surface area contributed by atoms with Crippen molar-refractivity contribution in [3.8, 4) is 0 Å². The molecule has 0 spiro atoms. The first-order valence-corrected chi connectivity index (χ1v) is 8.71. The van der Waals surface area contributed by atoms with E-state index in [-0.39, 0.29) is 5.91 Å². The van der Waals surface area contributed by atoms with Gasteiger partial charge in [0.05, 0.1) is 0 Å². The van der Waals surface area contributed by atoms with Crippen molar-refractivity contribution in [1.29, 1.82) is 0 Å². The largest absolute Gasteiger partial charge is 0.362 e. The first-order valence-electron chi connectivity index (χ1n) is 6.41. The van der Waals surface area contributed by atoms with Crippen LogP contribution in [0.15, 0.2) is 53.0 Å². The number of nitrogens with one attached hydrogen (secondary N) is 2. The molecule has 0 fully saturated rings. The summed E-state index contributed by atoms with van der Waals surface area (Å²) < 4.78 is -0.825. The minimum atomic E-state index is -1.74. The molecule has 2 N–H and O–H groups in total. The zero-order valence-corrected chi connectivity index (χ0v) is 16.1. The third-order valence-corrected chi connectivity index (χ3v) is 4.30. The molecule has 2 aromatic carbocycles. The average molecular weight is 457 g/mol. The highest BCUT2D eigenvalue weighted by atomic mass is 79.9. The lowest BCUT2D eigenvalue weighted by Gasteiger charge is -2.27. The topological polar surface area (TPSA) is 41.1 Å². The van der Waals surface area contributed by atoms with Gasteiger partial charge in [-0.2, -0.15) is 0 Å². The van der Waals surface area contributed by atoms with Crippen molar-refractivity contribution in [2.75, 3.05) is 5.32 Å². The van der Waals surface area contributed by atoms with E-state index in [9.17, 15) is 4.79 Å². The molecule has 122 valence electrons. The Balaban J connectivity index is 2.14. The number of alkyl halides is 3. The summed E-state index contributed by atoms with van der Waals surface area (Å²) in [5.74, 6) is -0.386. The summed E-state index contributed by atoms with van der Waals surface area (Å²) in [5.41, 5.74) is 1.10. The number of amides is 1. The first kappa shape index (κ1) is 18.7. The minimum absolute atomic E-state index is 0.386. The molecule has 2 rings (SSSR count). The summed E-state index contributed by atoms with van der Waals surface area (Å²) in [7, 11) is 0. The smallest absolute Gasteiger partial charge is 0.252 e. The number of rotatable bonds is 4. The molecule has 1 atom stereocenters. The molecular weight excluding hydrogens is 446 g/mol. The van der Waals surface area contributed by atoms with Crippen molar-refractivity contribution < 1.29 is 4.79 Å². The van der Waals surface area contributed by atoms with E-state index in [1.165, 1.54) is 0 Å². The van der Waals surface area contributed by atoms with Gasteiger partial charge in [0.1, 0.15) is 6.17 Å². The zero-order valence-electron chi connectivity index (χ0n) is 11.5. The molecule has 0 aliphatic heterocycles. The molecular formula is C15H11BrCl4N2O. The van der Waals surface area contributed by atoms with Gasteiger partial charge >= 0.3 is 0 Å². The van der Waals surface area contributed by atoms with E-state index in [0.29, 0.717) is 16.3 Å². The molecule has 1 amide bonds. The number of carbonyl (C=O) groups excluding carboxylic acids is 1. The van der Waals surface area contributed by atoms with Crippen molar-refractivity contribution in [2.45, 2.75) is 9.96 Å². The van der Waals surface area contributed by atoms with E-state index in [4.69, 9.17) is 46.4 Å². The highest BCUT2D eigenvalue weighted by molar-refractivity contribution is 9.10. The average Bonchev–Trinajstić information content (AvgIpc) is 2.48. The van der Waals surface area contributed by atoms with Crippen molar-refractivity contribution in [3.63, 3.8) is 0 Å². The number of hydrogen-bond donors (Lipinski definition) is 2. The van der Waals surface area contributed by atoms with Gasteiger partial charge in [0.25, 0.3) is 5.91 Å². The van der Waals surface area contributed by atoms with Gasteiger partial charge in [0, 0.05) is 20.7 Å². The van der Waals surface area contributed by atoms with E-state index in [1.807, 2.05) is 12.1 Å². The Morgan fingerprint density at radius 1 is 1.00 bits per heavy atom. The van der Waals surface area contributed by atoms with Crippen LogP contribution >= 0.6 is 62.3 Å². The number of benzene rings is 2. The van der Waals surface area contributed by atoms with Crippen LogP contribution in [-0.2, 0) is 0 Å². The maximum atomic E-state index is 12.3. The van der Waals surface area contributed by atoms with Gasteiger partial charge in [-0.25, -0.2) is 0 Å². The van der Waals surface area contributed by atoms with Crippen LogP contribution in [0.2, 0.25) is 5.02 Å². The fraction of sp³-hybridized carbons (Fsp3) is 0.133. The molecule has 0 saturated carbocycles. The molecule has 0 aromatic heterocycles. The van der Waals surface area contributed by atoms with Gasteiger partial charge in [-0.15, -0.1) is 0 Å². The minimum Gasteiger partial charge on any atom is -0.362 e. The summed E-state index contributed by atoms with van der Waals surface area (Å²) >= 11 is 27.0. The Kier molecular flexibility index (Phi) is 6.46. The van der Waals surface area contributed by atoms with Crippen LogP contribution in [-0.4, -0.2) is 15.9 Å². The maximum Gasteiger partial charge on any atom is 0.252 e. The Labute approximate surface area is 162 Å². The summed E-state index contributed by atoms with van der Waals surface area (Å²) in [5, 5.41) is 6.17. The second-order valence-corrected chi connectivity index (χ2v) is 8.33. The third kappa shape index (κ3) is 5.73. The zero-order chi connectivity index (χ0) is 17.0. The van der Waals surface area contributed by atoms with E-state index < -0.39 is 9.96 Å². The fourth-order valence-corrected chi connectivity index (χ4v) is 2.45. The van der Waals surface area contributed by atoms with Crippen LogP contribution < -0.4 is 10.6 Å². The van der Waals surface area contributed by atoms with Crippen LogP contribution in [0.25, 0.3) is 0 Å². The Hall–Kier alpha value is -0.650. The lowest BCUT2D eigenvalue weighted by atomic mass is 10.2. The maximum absolute atomic E-state index is 12.3. The quantitative estimate of drug-likeness (QED) is 0.461. The van der Waals surface area contributed by atoms with Gasteiger partial charge in [0.15, 0.2) is 0 Å². The van der Waals surface area contributed by atoms with E-state index in [2.05, 4.69) is 26.6 Å². The third-order valence-electron chi connectivity index (χ3n) is 2.86. The molecule has 3 nitrogen and oxygen atoms in total. The van der Waals surface area contributed by atoms with Crippen LogP contribution in [0.1, 0.15) is 10.4 Å². The molecule has 2 aromatic rings. The monoisotopic (exact) mass is 454 g/mol. The molecule has 0 aliphatic rings.